The van der Waals surface area contributed by atoms with Crippen molar-refractivity contribution in [3.05, 3.63) is 60.2 Å². The van der Waals surface area contributed by atoms with E-state index in [9.17, 15) is 4.79 Å². The number of piperidine rings is 1. The van der Waals surface area contributed by atoms with Crippen molar-refractivity contribution in [2.45, 2.75) is 25.3 Å². The molecular formula is C26H31N5O2. The molecule has 0 radical (unpaired) electrons. The van der Waals surface area contributed by atoms with Crippen molar-refractivity contribution < 1.29 is 9.53 Å². The minimum Gasteiger partial charge on any atom is -0.457 e. The summed E-state index contributed by atoms with van der Waals surface area (Å²) < 4.78 is 8.01. The summed E-state index contributed by atoms with van der Waals surface area (Å²) in [5.74, 6) is 2.48. The Morgan fingerprint density at radius 3 is 2.27 bits per heavy atom. The van der Waals surface area contributed by atoms with E-state index >= 15 is 0 Å². The molecule has 0 bridgehead atoms. The zero-order valence-electron chi connectivity index (χ0n) is 19.3. The van der Waals surface area contributed by atoms with Gasteiger partial charge >= 0.3 is 0 Å². The molecular weight excluding hydrogens is 414 g/mol. The van der Waals surface area contributed by atoms with Crippen LogP contribution in [0.4, 0.5) is 5.82 Å². The Labute approximate surface area is 194 Å². The molecule has 1 fully saturated rings. The van der Waals surface area contributed by atoms with Gasteiger partial charge < -0.3 is 20.3 Å². The monoisotopic (exact) mass is 445 g/mol. The number of carbonyl (C=O) groups excluding carboxylic acids is 1. The molecule has 1 amide bonds. The number of carbonyl (C=O) groups is 1. The highest BCUT2D eigenvalue weighted by atomic mass is 16.5. The first-order valence-electron chi connectivity index (χ1n) is 11.7. The number of anilines is 1. The number of primary amides is 1. The Balaban J connectivity index is 1.49. The van der Waals surface area contributed by atoms with Crippen molar-refractivity contribution in [2.24, 2.45) is 11.7 Å². The first kappa shape index (κ1) is 21.5. The molecule has 0 saturated carbocycles. The first-order chi connectivity index (χ1) is 16.0. The molecule has 7 nitrogen and oxygen atoms in total. The Morgan fingerprint density at radius 1 is 0.939 bits per heavy atom. The van der Waals surface area contributed by atoms with Gasteiger partial charge in [0.05, 0.1) is 6.04 Å². The molecule has 7 heteroatoms. The fourth-order valence-corrected chi connectivity index (χ4v) is 5.16. The van der Waals surface area contributed by atoms with E-state index in [1.807, 2.05) is 61.6 Å². The van der Waals surface area contributed by atoms with Crippen molar-refractivity contribution >= 4 is 11.7 Å². The second-order valence-corrected chi connectivity index (χ2v) is 9.21. The zero-order valence-corrected chi connectivity index (χ0v) is 19.3. The maximum atomic E-state index is 12.6. The van der Waals surface area contributed by atoms with Crippen LogP contribution in [0.5, 0.6) is 11.5 Å². The van der Waals surface area contributed by atoms with E-state index in [1.54, 1.807) is 0 Å². The summed E-state index contributed by atoms with van der Waals surface area (Å²) in [6, 6.07) is 17.7. The number of para-hydroxylation sites is 1. The summed E-state index contributed by atoms with van der Waals surface area (Å²) in [5, 5.41) is 5.00. The topological polar surface area (TPSA) is 76.6 Å². The molecule has 0 unspecified atom stereocenters. The van der Waals surface area contributed by atoms with E-state index < -0.39 is 5.91 Å². The zero-order chi connectivity index (χ0) is 22.9. The van der Waals surface area contributed by atoms with Crippen LogP contribution in [0.25, 0.3) is 11.3 Å². The predicted molar refractivity (Wildman–Crippen MR) is 130 cm³/mol. The third-order valence-electron chi connectivity index (χ3n) is 6.98. The molecule has 1 aromatic heterocycles. The van der Waals surface area contributed by atoms with Crippen LogP contribution in [0, 0.1) is 5.92 Å². The van der Waals surface area contributed by atoms with Crippen molar-refractivity contribution in [3.63, 3.8) is 0 Å². The molecule has 2 aliphatic rings. The number of ether oxygens (including phenoxy) is 1. The smallest absolute Gasteiger partial charge is 0.254 e. The molecule has 2 aliphatic heterocycles. The fraction of sp³-hybridized carbons (Fsp3) is 0.385. The number of hydrogen-bond acceptors (Lipinski definition) is 5. The molecule has 33 heavy (non-hydrogen) atoms. The number of likely N-dealkylation sites (tertiary alicyclic amines) is 1. The van der Waals surface area contributed by atoms with E-state index in [-0.39, 0.29) is 6.04 Å². The lowest BCUT2D eigenvalue weighted by Gasteiger charge is -2.39. The average Bonchev–Trinajstić information content (AvgIpc) is 3.23. The van der Waals surface area contributed by atoms with Gasteiger partial charge in [-0.05, 0) is 81.7 Å². The number of nitrogens with two attached hydrogens (primary N) is 1. The summed E-state index contributed by atoms with van der Waals surface area (Å²) in [6.07, 6.45) is 3.33. The maximum Gasteiger partial charge on any atom is 0.254 e. The van der Waals surface area contributed by atoms with Crippen molar-refractivity contribution in [1.29, 1.82) is 0 Å². The Bertz CT molecular complexity index is 1120. The molecule has 3 heterocycles. The maximum absolute atomic E-state index is 12.6. The van der Waals surface area contributed by atoms with Gasteiger partial charge in [0, 0.05) is 19.2 Å². The van der Waals surface area contributed by atoms with Gasteiger partial charge in [0.2, 0.25) is 0 Å². The third kappa shape index (κ3) is 4.20. The quantitative estimate of drug-likeness (QED) is 0.638. The van der Waals surface area contributed by atoms with Crippen LogP contribution in [0.15, 0.2) is 54.6 Å². The average molecular weight is 446 g/mol. The summed E-state index contributed by atoms with van der Waals surface area (Å²) in [5.41, 5.74) is 7.92. The lowest BCUT2D eigenvalue weighted by atomic mass is 9.87. The van der Waals surface area contributed by atoms with E-state index in [0.29, 0.717) is 17.2 Å². The SMILES string of the molecule is CN1CCC([C@@H]2CCN(C)c3c(C(N)=O)c(-c4ccc(Oc5ccccc5)cc4)nn32)CC1. The molecule has 1 saturated heterocycles. The molecule has 2 N–H and O–H groups in total. The highest BCUT2D eigenvalue weighted by Gasteiger charge is 2.36. The van der Waals surface area contributed by atoms with Crippen molar-refractivity contribution in [2.75, 3.05) is 38.6 Å². The second kappa shape index (κ2) is 8.90. The highest BCUT2D eigenvalue weighted by Crippen LogP contribution is 2.41. The summed E-state index contributed by atoms with van der Waals surface area (Å²) in [7, 11) is 4.20. The standard InChI is InChI=1S/C26H31N5O2/c1-29-15-12-18(13-16-29)22-14-17-30(2)26-23(25(27)32)24(28-31(22)26)19-8-10-21(11-9-19)33-20-6-4-3-5-7-20/h3-11,18,22H,12-17H2,1-2H3,(H2,27,32)/t22-/m0/s1. The van der Waals surface area contributed by atoms with Gasteiger partial charge in [-0.15, -0.1) is 0 Å². The lowest BCUT2D eigenvalue weighted by molar-refractivity contribution is 0.100. The van der Waals surface area contributed by atoms with Crippen LogP contribution in [0.2, 0.25) is 0 Å². The highest BCUT2D eigenvalue weighted by molar-refractivity contribution is 6.04. The molecule has 2 aromatic carbocycles. The molecule has 172 valence electrons. The number of aromatic nitrogens is 2. The minimum absolute atomic E-state index is 0.289. The van der Waals surface area contributed by atoms with Gasteiger partial charge in [0.25, 0.3) is 5.91 Å². The Morgan fingerprint density at radius 2 is 1.61 bits per heavy atom. The third-order valence-corrected chi connectivity index (χ3v) is 6.98. The Hall–Kier alpha value is -3.32. The number of fused-ring (bicyclic) bond motifs is 1. The number of amides is 1. The minimum atomic E-state index is -0.438. The van der Waals surface area contributed by atoms with Gasteiger partial charge in [-0.1, -0.05) is 18.2 Å². The van der Waals surface area contributed by atoms with E-state index in [1.165, 1.54) is 0 Å². The molecule has 5 rings (SSSR count). The van der Waals surface area contributed by atoms with E-state index in [2.05, 4.69) is 21.5 Å². The van der Waals surface area contributed by atoms with Gasteiger partial charge in [-0.3, -0.25) is 4.79 Å². The number of nitrogens with zero attached hydrogens (tertiary/aromatic N) is 4. The van der Waals surface area contributed by atoms with Gasteiger partial charge in [-0.2, -0.15) is 5.10 Å². The van der Waals surface area contributed by atoms with E-state index in [4.69, 9.17) is 15.6 Å². The number of rotatable bonds is 5. The van der Waals surface area contributed by atoms with Gasteiger partial charge in [0.15, 0.2) is 0 Å². The van der Waals surface area contributed by atoms with Crippen molar-refractivity contribution in [3.8, 4) is 22.8 Å². The second-order valence-electron chi connectivity index (χ2n) is 9.21. The molecule has 3 aromatic rings. The van der Waals surface area contributed by atoms with Crippen molar-refractivity contribution in [1.82, 2.24) is 14.7 Å². The Kier molecular flexibility index (Phi) is 5.81. The normalized spacial score (nSPS) is 19.3. The summed E-state index contributed by atoms with van der Waals surface area (Å²) in [4.78, 5) is 17.1. The number of hydrogen-bond donors (Lipinski definition) is 1. The molecule has 1 atom stereocenters. The van der Waals surface area contributed by atoms with Gasteiger partial charge in [-0.25, -0.2) is 4.68 Å². The summed E-state index contributed by atoms with van der Waals surface area (Å²) in [6.45, 7) is 3.10. The molecule has 0 spiro atoms. The van der Waals surface area contributed by atoms with Crippen LogP contribution in [-0.2, 0) is 0 Å². The fourth-order valence-electron chi connectivity index (χ4n) is 5.16. The van der Waals surface area contributed by atoms with Crippen LogP contribution in [0.3, 0.4) is 0 Å². The van der Waals surface area contributed by atoms with E-state index in [0.717, 1.165) is 61.8 Å². The predicted octanol–water partition coefficient (Wildman–Crippen LogP) is 4.16. The van der Waals surface area contributed by atoms with Crippen LogP contribution < -0.4 is 15.4 Å². The lowest BCUT2D eigenvalue weighted by Crippen LogP contribution is -2.40. The first-order valence-corrected chi connectivity index (χ1v) is 11.7. The number of benzene rings is 2. The van der Waals surface area contributed by atoms with Crippen LogP contribution in [0.1, 0.15) is 35.7 Å². The van der Waals surface area contributed by atoms with Crippen LogP contribution >= 0.6 is 0 Å². The summed E-state index contributed by atoms with van der Waals surface area (Å²) >= 11 is 0. The van der Waals surface area contributed by atoms with Gasteiger partial charge in [0.1, 0.15) is 28.6 Å². The molecule has 0 aliphatic carbocycles. The largest absolute Gasteiger partial charge is 0.457 e. The van der Waals surface area contributed by atoms with Crippen LogP contribution in [-0.4, -0.2) is 54.3 Å².